The molecule has 14 nitrogen and oxygen atoms in total. The summed E-state index contributed by atoms with van der Waals surface area (Å²) in [7, 11) is -2.47. The van der Waals surface area contributed by atoms with Gasteiger partial charge in [0.2, 0.25) is 11.2 Å². The Labute approximate surface area is 263 Å². The second-order valence-electron chi connectivity index (χ2n) is 11.7. The average molecular weight is 672 g/mol. The van der Waals surface area contributed by atoms with Gasteiger partial charge in [-0.3, -0.25) is 18.9 Å². The number of anilines is 2. The second-order valence-corrected chi connectivity index (χ2v) is 13.6. The largest absolute Gasteiger partial charge is 0.498 e. The van der Waals surface area contributed by atoms with Gasteiger partial charge in [0, 0.05) is 32.7 Å². The van der Waals surface area contributed by atoms with Gasteiger partial charge in [0.15, 0.2) is 11.7 Å². The number of rotatable bonds is 11. The predicted molar refractivity (Wildman–Crippen MR) is 164 cm³/mol. The predicted octanol–water partition coefficient (Wildman–Crippen LogP) is 3.02. The molecule has 252 valence electrons. The lowest BCUT2D eigenvalue weighted by Crippen LogP contribution is -2.74. The molecule has 0 aromatic carbocycles. The van der Waals surface area contributed by atoms with E-state index in [1.807, 2.05) is 0 Å². The molecule has 1 amide bonds. The highest BCUT2D eigenvalue weighted by Gasteiger charge is 2.57. The van der Waals surface area contributed by atoms with Crippen molar-refractivity contribution in [3.05, 3.63) is 59.3 Å². The summed E-state index contributed by atoms with van der Waals surface area (Å²) >= 11 is 0. The molecule has 0 radical (unpaired) electrons. The molecule has 2 aliphatic rings. The zero-order valence-electron chi connectivity index (χ0n) is 26.0. The van der Waals surface area contributed by atoms with Crippen LogP contribution in [0, 0.1) is 0 Å². The smallest absolute Gasteiger partial charge is 0.421 e. The van der Waals surface area contributed by atoms with Crippen LogP contribution < -0.4 is 20.4 Å². The number of nitrogens with one attached hydrogen (secondary N) is 4. The number of aliphatic hydroxyl groups excluding tert-OH is 1. The second kappa shape index (κ2) is 12.8. The number of alkyl halides is 3. The van der Waals surface area contributed by atoms with Crippen molar-refractivity contribution < 1.29 is 42.2 Å². The van der Waals surface area contributed by atoms with Crippen molar-refractivity contribution in [2.75, 3.05) is 44.5 Å². The molecule has 4 atom stereocenters. The van der Waals surface area contributed by atoms with E-state index in [-0.39, 0.29) is 36.2 Å². The van der Waals surface area contributed by atoms with Gasteiger partial charge in [0.25, 0.3) is 5.91 Å². The van der Waals surface area contributed by atoms with E-state index in [0.717, 1.165) is 5.57 Å². The zero-order chi connectivity index (χ0) is 34.1. The summed E-state index contributed by atoms with van der Waals surface area (Å²) in [5.41, 5.74) is -0.840. The number of halogens is 3. The molecule has 0 fully saturated rings. The molecule has 2 aromatic rings. The molecule has 1 aliphatic carbocycles. The molecule has 46 heavy (non-hydrogen) atoms. The zero-order valence-corrected chi connectivity index (χ0v) is 26.9. The first kappa shape index (κ1) is 35.1. The van der Waals surface area contributed by atoms with E-state index in [9.17, 15) is 37.4 Å². The summed E-state index contributed by atoms with van der Waals surface area (Å²) < 4.78 is 61.4. The number of aromatic nitrogens is 4. The first-order valence-corrected chi connectivity index (χ1v) is 15.9. The van der Waals surface area contributed by atoms with Gasteiger partial charge in [-0.2, -0.15) is 23.3 Å². The standard InChI is InChI=1S/C28H38F3N8O6P/c1-17-7-8-27(46(42,43)44,21(11-17)45-5)38-25-33-15-20(28(29,30)31)23(36-25)37-26(3)12-18(2)16-39(9-6-10-40,19-13-34-35-14-19)22(26)24(41)32-4/h7,11-15,22,40H,6,8-10,16H2,1-5H3,(H5-,32,33,34,35,36,37,38,41,42,43,44)/p+1. The van der Waals surface area contributed by atoms with Crippen LogP contribution in [-0.2, 0) is 20.3 Å². The van der Waals surface area contributed by atoms with Crippen molar-refractivity contribution in [1.29, 1.82) is 0 Å². The highest BCUT2D eigenvalue weighted by Crippen LogP contribution is 2.58. The number of nitrogens with zero attached hydrogens (tertiary/aromatic N) is 4. The monoisotopic (exact) mass is 671 g/mol. The fourth-order valence-electron chi connectivity index (χ4n) is 6.50. The number of quaternary nitrogens is 1. The summed E-state index contributed by atoms with van der Waals surface area (Å²) in [5, 5.41) is 22.4. The Bertz CT molecular complexity index is 1590. The van der Waals surface area contributed by atoms with E-state index in [4.69, 9.17) is 4.74 Å². The Morgan fingerprint density at radius 2 is 1.98 bits per heavy atom. The van der Waals surface area contributed by atoms with E-state index < -0.39 is 53.9 Å². The number of H-pyrrole nitrogens is 1. The molecule has 0 saturated heterocycles. The third-order valence-corrected chi connectivity index (χ3v) is 9.86. The van der Waals surface area contributed by atoms with E-state index in [2.05, 4.69) is 36.1 Å². The van der Waals surface area contributed by atoms with Crippen LogP contribution in [0.3, 0.4) is 0 Å². The van der Waals surface area contributed by atoms with Gasteiger partial charge in [-0.1, -0.05) is 11.6 Å². The van der Waals surface area contributed by atoms with Crippen molar-refractivity contribution in [2.45, 2.75) is 56.6 Å². The fourth-order valence-corrected chi connectivity index (χ4v) is 7.51. The van der Waals surface area contributed by atoms with Crippen LogP contribution in [0.25, 0.3) is 0 Å². The minimum Gasteiger partial charge on any atom is -0.498 e. The number of likely N-dealkylation sites (N-methyl/N-ethyl adjacent to an activating group) is 1. The lowest BCUT2D eigenvalue weighted by Gasteiger charge is -2.52. The number of aromatic amines is 1. The molecule has 1 aliphatic heterocycles. The Morgan fingerprint density at radius 1 is 1.26 bits per heavy atom. The number of aliphatic hydroxyl groups is 1. The number of allylic oxidation sites excluding steroid dienone is 2. The minimum absolute atomic E-state index is 0.0882. The summed E-state index contributed by atoms with van der Waals surface area (Å²) in [6, 6.07) is -1.10. The van der Waals surface area contributed by atoms with Crippen molar-refractivity contribution in [2.24, 2.45) is 0 Å². The van der Waals surface area contributed by atoms with Crippen molar-refractivity contribution in [1.82, 2.24) is 30.0 Å². The summed E-state index contributed by atoms with van der Waals surface area (Å²) in [4.78, 5) is 42.5. The maximum Gasteiger partial charge on any atom is 0.421 e. The van der Waals surface area contributed by atoms with Crippen LogP contribution in [0.5, 0.6) is 0 Å². The molecule has 4 rings (SSSR count). The number of carbonyl (C=O) groups is 1. The molecule has 2 aromatic heterocycles. The van der Waals surface area contributed by atoms with Gasteiger partial charge in [0.1, 0.15) is 35.4 Å². The van der Waals surface area contributed by atoms with Crippen molar-refractivity contribution >= 4 is 31.0 Å². The van der Waals surface area contributed by atoms with Gasteiger partial charge >= 0.3 is 13.8 Å². The van der Waals surface area contributed by atoms with Gasteiger partial charge in [-0.25, -0.2) is 4.98 Å². The normalized spacial score (nSPS) is 26.8. The van der Waals surface area contributed by atoms with Gasteiger partial charge in [-0.05, 0) is 38.5 Å². The van der Waals surface area contributed by atoms with Crippen LogP contribution >= 0.6 is 7.60 Å². The number of ether oxygens (including phenoxy) is 1. The van der Waals surface area contributed by atoms with E-state index in [0.29, 0.717) is 24.0 Å². The molecular weight excluding hydrogens is 632 g/mol. The number of methoxy groups -OCH3 is 1. The van der Waals surface area contributed by atoms with E-state index in [1.54, 1.807) is 39.1 Å². The lowest BCUT2D eigenvalue weighted by atomic mass is 9.81. The fraction of sp³-hybridized carbons (Fsp3) is 0.500. The molecule has 18 heteroatoms. The average Bonchev–Trinajstić information content (AvgIpc) is 3.51. The number of amides is 1. The van der Waals surface area contributed by atoms with Crippen LogP contribution in [0.2, 0.25) is 0 Å². The summed E-state index contributed by atoms with van der Waals surface area (Å²) in [6.45, 7) is 5.38. The molecule has 0 spiro atoms. The molecule has 0 saturated carbocycles. The maximum absolute atomic E-state index is 14.4. The first-order chi connectivity index (χ1) is 21.5. The molecule has 4 unspecified atom stereocenters. The number of hydrogen-bond donors (Lipinski definition) is 7. The molecular formula is C28H39F3N8O6P+. The van der Waals surface area contributed by atoms with Gasteiger partial charge < -0.3 is 35.6 Å². The Kier molecular flexibility index (Phi) is 9.76. The molecule has 0 bridgehead atoms. The summed E-state index contributed by atoms with van der Waals surface area (Å²) in [6.07, 6.45) is 3.29. The third-order valence-electron chi connectivity index (χ3n) is 8.35. The first-order valence-electron chi connectivity index (χ1n) is 14.3. The van der Waals surface area contributed by atoms with E-state index >= 15 is 0 Å². The minimum atomic E-state index is -5.10. The molecule has 3 heterocycles. The highest BCUT2D eigenvalue weighted by molar-refractivity contribution is 7.54. The van der Waals surface area contributed by atoms with Gasteiger partial charge in [-0.15, -0.1) is 0 Å². The SMILES string of the molecule is CNC(=O)C1C(C)(Nc2nc(NC3(P(=O)(O)O)CC=C(C)C=C3OC)ncc2C(F)(F)F)C=C(C)C[N+]1(CCCO)c1cn[nH]c1. The Balaban J connectivity index is 1.90. The topological polar surface area (TPSA) is 195 Å². The molecule has 7 N–H and O–H groups in total. The maximum atomic E-state index is 14.4. The van der Waals surface area contributed by atoms with Crippen molar-refractivity contribution in [3.63, 3.8) is 0 Å². The Morgan fingerprint density at radius 3 is 2.54 bits per heavy atom. The van der Waals surface area contributed by atoms with Crippen LogP contribution in [-0.4, -0.2) is 91.7 Å². The highest BCUT2D eigenvalue weighted by atomic mass is 31.2. The lowest BCUT2D eigenvalue weighted by molar-refractivity contribution is -0.137. The number of hydrogen-bond acceptors (Lipinski definition) is 9. The number of carbonyl (C=O) groups excluding carboxylic acids is 1. The van der Waals surface area contributed by atoms with Gasteiger partial charge in [0.05, 0.1) is 19.9 Å². The quantitative estimate of drug-likeness (QED) is 0.105. The van der Waals surface area contributed by atoms with Crippen LogP contribution in [0.4, 0.5) is 30.6 Å². The summed E-state index contributed by atoms with van der Waals surface area (Å²) in [5.74, 6) is -1.91. The third kappa shape index (κ3) is 6.42. The Hall–Kier alpha value is -3.76. The van der Waals surface area contributed by atoms with Crippen LogP contribution in [0.15, 0.2) is 53.7 Å². The van der Waals surface area contributed by atoms with Crippen LogP contribution in [0.1, 0.15) is 39.2 Å². The van der Waals surface area contributed by atoms with E-state index in [1.165, 1.54) is 26.4 Å². The van der Waals surface area contributed by atoms with Crippen molar-refractivity contribution in [3.8, 4) is 0 Å².